The van der Waals surface area contributed by atoms with Gasteiger partial charge in [0.1, 0.15) is 5.82 Å². The Morgan fingerprint density at radius 3 is 2.42 bits per heavy atom. The van der Waals surface area contributed by atoms with Gasteiger partial charge in [-0.05, 0) is 48.9 Å². The van der Waals surface area contributed by atoms with E-state index in [4.69, 9.17) is 27.9 Å². The number of pyridine rings is 1. The number of aliphatic hydroxyl groups is 1. The summed E-state index contributed by atoms with van der Waals surface area (Å²) in [5.74, 6) is -1.58. The summed E-state index contributed by atoms with van der Waals surface area (Å²) in [6.45, 7) is 3.73. The number of benzene rings is 2. The molecular weight excluding hydrogens is 532 g/mol. The maximum Gasteiger partial charge on any atom is 0.257 e. The number of likely N-dealkylation sites (tertiary alicyclic amines) is 1. The molecule has 38 heavy (non-hydrogen) atoms. The number of hydrogen-bond donors (Lipinski definition) is 1. The number of rotatable bonds is 6. The van der Waals surface area contributed by atoms with Gasteiger partial charge in [-0.2, -0.15) is 0 Å². The average Bonchev–Trinajstić information content (AvgIpc) is 3.08. The zero-order valence-electron chi connectivity index (χ0n) is 21.0. The van der Waals surface area contributed by atoms with E-state index in [9.17, 15) is 14.7 Å². The summed E-state index contributed by atoms with van der Waals surface area (Å²) < 4.78 is 22.2. The molecule has 0 bridgehead atoms. The largest absolute Gasteiger partial charge is 0.385 e. The monoisotopic (exact) mass is 557 g/mol. The van der Waals surface area contributed by atoms with Crippen molar-refractivity contribution in [2.45, 2.75) is 31.7 Å². The van der Waals surface area contributed by atoms with Gasteiger partial charge in [-0.3, -0.25) is 19.5 Å². The fourth-order valence-corrected chi connectivity index (χ4v) is 5.55. The number of amides is 2. The molecule has 0 radical (unpaired) electrons. The molecule has 2 atom stereocenters. The molecule has 2 aromatic carbocycles. The molecule has 0 saturated carbocycles. The lowest BCUT2D eigenvalue weighted by Gasteiger charge is -2.46. The molecule has 1 N–H and O–H groups in total. The minimum atomic E-state index is -1.62. The summed E-state index contributed by atoms with van der Waals surface area (Å²) in [4.78, 5) is 33.0. The van der Waals surface area contributed by atoms with Crippen LogP contribution in [0, 0.1) is 11.7 Å². The molecule has 0 spiro atoms. The molecule has 10 heteroatoms. The predicted molar refractivity (Wildman–Crippen MR) is 140 cm³/mol. The Morgan fingerprint density at radius 1 is 1.18 bits per heavy atom. The lowest BCUT2D eigenvalue weighted by atomic mass is 9.77. The highest BCUT2D eigenvalue weighted by atomic mass is 35.5. The Kier molecular flexibility index (Phi) is 6.72. The number of carbonyl (C=O) groups is 2. The molecule has 3 aromatic rings. The van der Waals surface area contributed by atoms with Crippen molar-refractivity contribution in [2.75, 3.05) is 20.2 Å². The van der Waals surface area contributed by atoms with Gasteiger partial charge in [0.25, 0.3) is 5.91 Å². The fourth-order valence-electron chi connectivity index (χ4n) is 5.31. The van der Waals surface area contributed by atoms with Crippen molar-refractivity contribution in [3.05, 3.63) is 98.5 Å². The molecule has 3 heterocycles. The first kappa shape index (κ1) is 26.6. The molecule has 1 fully saturated rings. The Bertz CT molecular complexity index is 1410. The van der Waals surface area contributed by atoms with Crippen molar-refractivity contribution in [1.82, 2.24) is 14.8 Å². The van der Waals surface area contributed by atoms with Crippen LogP contribution in [0.25, 0.3) is 0 Å². The third-order valence-electron chi connectivity index (χ3n) is 7.63. The van der Waals surface area contributed by atoms with E-state index in [0.717, 1.165) is 0 Å². The van der Waals surface area contributed by atoms with Gasteiger partial charge in [0, 0.05) is 49.8 Å². The van der Waals surface area contributed by atoms with Gasteiger partial charge in [0.2, 0.25) is 5.91 Å². The van der Waals surface area contributed by atoms with Crippen LogP contribution in [0.15, 0.2) is 54.7 Å². The lowest BCUT2D eigenvalue weighted by Crippen LogP contribution is -2.56. The van der Waals surface area contributed by atoms with Crippen LogP contribution in [-0.4, -0.2) is 51.9 Å². The summed E-state index contributed by atoms with van der Waals surface area (Å²) >= 11 is 12.1. The van der Waals surface area contributed by atoms with Crippen molar-refractivity contribution < 1.29 is 23.8 Å². The number of carbonyl (C=O) groups excluding carboxylic acids is 2. The molecule has 1 unspecified atom stereocenters. The van der Waals surface area contributed by atoms with Gasteiger partial charge >= 0.3 is 0 Å². The van der Waals surface area contributed by atoms with Gasteiger partial charge in [-0.1, -0.05) is 35.3 Å². The normalized spacial score (nSPS) is 20.8. The predicted octanol–water partition coefficient (Wildman–Crippen LogP) is 4.72. The first-order valence-corrected chi connectivity index (χ1v) is 12.8. The van der Waals surface area contributed by atoms with Gasteiger partial charge < -0.3 is 14.7 Å². The number of methoxy groups -OCH3 is 1. The number of ether oxygens (including phenoxy) is 1. The van der Waals surface area contributed by atoms with E-state index >= 15 is 4.39 Å². The standard InChI is InChI=1S/C28H26Cl2FN3O4/c1-16(35)33-13-19(14-33)27(2,37)18-10-23-25(24(31)11-18)28(38-3,17-4-6-20(29)7-5-17)34(26(23)36)15-22-9-8-21(30)12-32-22/h4-12,19,37H,13-15H2,1-3H3/t27?,28-/m1/s1. The lowest BCUT2D eigenvalue weighted by molar-refractivity contribution is -0.144. The second-order valence-corrected chi connectivity index (χ2v) is 10.7. The number of nitrogens with zero attached hydrogens (tertiary/aromatic N) is 3. The second-order valence-electron chi connectivity index (χ2n) is 9.86. The van der Waals surface area contributed by atoms with Crippen LogP contribution < -0.4 is 0 Å². The Labute approximate surface area is 229 Å². The van der Waals surface area contributed by atoms with E-state index in [-0.39, 0.29) is 35.1 Å². The van der Waals surface area contributed by atoms with E-state index in [1.165, 1.54) is 37.3 Å². The van der Waals surface area contributed by atoms with Gasteiger partial charge in [0.05, 0.1) is 34.0 Å². The summed E-state index contributed by atoms with van der Waals surface area (Å²) in [5.41, 5.74) is -1.69. The number of hydrogen-bond acceptors (Lipinski definition) is 5. The number of halogens is 3. The molecule has 1 saturated heterocycles. The smallest absolute Gasteiger partial charge is 0.257 e. The van der Waals surface area contributed by atoms with Crippen LogP contribution in [-0.2, 0) is 27.4 Å². The molecule has 2 aliphatic heterocycles. The minimum Gasteiger partial charge on any atom is -0.385 e. The maximum atomic E-state index is 16.2. The van der Waals surface area contributed by atoms with Crippen LogP contribution >= 0.6 is 23.2 Å². The zero-order chi connectivity index (χ0) is 27.4. The highest BCUT2D eigenvalue weighted by Crippen LogP contribution is 2.49. The fraction of sp³-hybridized carbons (Fsp3) is 0.321. The van der Waals surface area contributed by atoms with Gasteiger partial charge in [-0.25, -0.2) is 4.39 Å². The van der Waals surface area contributed by atoms with Crippen molar-refractivity contribution in [2.24, 2.45) is 5.92 Å². The molecule has 1 aromatic heterocycles. The maximum absolute atomic E-state index is 16.2. The average molecular weight is 558 g/mol. The SMILES string of the molecule is CO[C@]1(c2ccc(Cl)cc2)c2c(F)cc(C(C)(O)C3CN(C(C)=O)C3)cc2C(=O)N1Cc1ccc(Cl)cn1. The third kappa shape index (κ3) is 4.16. The third-order valence-corrected chi connectivity index (χ3v) is 8.11. The molecule has 5 rings (SSSR count). The van der Waals surface area contributed by atoms with E-state index in [1.54, 1.807) is 48.2 Å². The van der Waals surface area contributed by atoms with E-state index in [0.29, 0.717) is 34.4 Å². The van der Waals surface area contributed by atoms with Gasteiger partial charge in [0.15, 0.2) is 5.72 Å². The van der Waals surface area contributed by atoms with Crippen LogP contribution in [0.2, 0.25) is 10.0 Å². The molecule has 2 amide bonds. The van der Waals surface area contributed by atoms with Crippen molar-refractivity contribution >= 4 is 35.0 Å². The van der Waals surface area contributed by atoms with Crippen LogP contribution in [0.5, 0.6) is 0 Å². The quantitative estimate of drug-likeness (QED) is 0.474. The van der Waals surface area contributed by atoms with E-state index in [2.05, 4.69) is 4.98 Å². The first-order valence-electron chi connectivity index (χ1n) is 12.0. The minimum absolute atomic E-state index is 0.00249. The number of aromatic nitrogens is 1. The summed E-state index contributed by atoms with van der Waals surface area (Å²) in [7, 11) is 1.41. The van der Waals surface area contributed by atoms with Crippen molar-refractivity contribution in [3.63, 3.8) is 0 Å². The molecular formula is C28H26Cl2FN3O4. The zero-order valence-corrected chi connectivity index (χ0v) is 22.6. The Balaban J connectivity index is 1.64. The molecule has 7 nitrogen and oxygen atoms in total. The van der Waals surface area contributed by atoms with Crippen molar-refractivity contribution in [1.29, 1.82) is 0 Å². The summed E-state index contributed by atoms with van der Waals surface area (Å²) in [6, 6.07) is 12.8. The van der Waals surface area contributed by atoms with E-state index in [1.807, 2.05) is 0 Å². The van der Waals surface area contributed by atoms with Crippen LogP contribution in [0.4, 0.5) is 4.39 Å². The second kappa shape index (κ2) is 9.61. The topological polar surface area (TPSA) is 83.0 Å². The van der Waals surface area contributed by atoms with E-state index < -0.39 is 23.1 Å². The molecule has 2 aliphatic rings. The Hall–Kier alpha value is -3.04. The first-order chi connectivity index (χ1) is 18.0. The van der Waals surface area contributed by atoms with Gasteiger partial charge in [-0.15, -0.1) is 0 Å². The summed E-state index contributed by atoms with van der Waals surface area (Å²) in [6.07, 6.45) is 1.47. The summed E-state index contributed by atoms with van der Waals surface area (Å²) in [5, 5.41) is 12.3. The highest BCUT2D eigenvalue weighted by Gasteiger charge is 2.54. The van der Waals surface area contributed by atoms with Crippen molar-refractivity contribution in [3.8, 4) is 0 Å². The van der Waals surface area contributed by atoms with Crippen LogP contribution in [0.3, 0.4) is 0 Å². The Morgan fingerprint density at radius 2 is 1.84 bits per heavy atom. The molecule has 0 aliphatic carbocycles. The van der Waals surface area contributed by atoms with Crippen LogP contribution in [0.1, 0.15) is 46.6 Å². The highest BCUT2D eigenvalue weighted by molar-refractivity contribution is 6.30. The molecule has 198 valence electrons. The number of fused-ring (bicyclic) bond motifs is 1.